The zero-order chi connectivity index (χ0) is 10.1. The van der Waals surface area contributed by atoms with Crippen molar-refractivity contribution in [1.29, 1.82) is 5.41 Å². The van der Waals surface area contributed by atoms with Crippen molar-refractivity contribution in [2.24, 2.45) is 5.73 Å². The Kier molecular flexibility index (Phi) is 7.74. The lowest BCUT2D eigenvalue weighted by molar-refractivity contribution is 0.286. The zero-order valence-corrected chi connectivity index (χ0v) is 8.65. The van der Waals surface area contributed by atoms with E-state index in [2.05, 4.69) is 23.7 Å². The molecule has 74 valence electrons. The molecule has 3 N–H and O–H groups in total. The van der Waals surface area contributed by atoms with Gasteiger partial charge in [0.05, 0.1) is 5.16 Å². The Morgan fingerprint density at radius 1 is 1.77 bits per heavy atom. The summed E-state index contributed by atoms with van der Waals surface area (Å²) in [7, 11) is 0. The Bertz CT molecular complexity index is 176. The van der Waals surface area contributed by atoms with Gasteiger partial charge in [0.25, 0.3) is 0 Å². The Morgan fingerprint density at radius 3 is 2.85 bits per heavy atom. The number of nitrogens with two attached hydrogens (primary N) is 1. The van der Waals surface area contributed by atoms with Crippen LogP contribution >= 0.6 is 12.2 Å². The molecule has 1 aliphatic rings. The van der Waals surface area contributed by atoms with Crippen molar-refractivity contribution in [3.05, 3.63) is 12.7 Å². The van der Waals surface area contributed by atoms with Gasteiger partial charge in [0.1, 0.15) is 0 Å². The summed E-state index contributed by atoms with van der Waals surface area (Å²) in [5.74, 6) is 0. The van der Waals surface area contributed by atoms with E-state index in [0.29, 0.717) is 6.04 Å². The van der Waals surface area contributed by atoms with E-state index in [0.717, 1.165) is 13.1 Å². The Morgan fingerprint density at radius 2 is 2.38 bits per heavy atom. The maximum Gasteiger partial charge on any atom is 0.0554 e. The Hall–Kier alpha value is -0.540. The SMILES string of the molecule is C=CCN1CCCC1CN.N=C=S. The summed E-state index contributed by atoms with van der Waals surface area (Å²) in [6.07, 6.45) is 4.52. The van der Waals surface area contributed by atoms with Gasteiger partial charge < -0.3 is 5.73 Å². The molecule has 0 aromatic heterocycles. The number of isothiocyanates is 1. The highest BCUT2D eigenvalue weighted by Gasteiger charge is 2.20. The molecule has 0 saturated carbocycles. The highest BCUT2D eigenvalue weighted by Crippen LogP contribution is 2.14. The van der Waals surface area contributed by atoms with Crippen LogP contribution in [0.5, 0.6) is 0 Å². The van der Waals surface area contributed by atoms with E-state index in [1.807, 2.05) is 6.08 Å². The second kappa shape index (κ2) is 8.08. The van der Waals surface area contributed by atoms with Crippen LogP contribution in [0.3, 0.4) is 0 Å². The molecule has 0 spiro atoms. The molecule has 1 saturated heterocycles. The molecule has 1 rings (SSSR count). The first-order valence-electron chi connectivity index (χ1n) is 4.39. The van der Waals surface area contributed by atoms with Crippen LogP contribution in [-0.2, 0) is 0 Å². The smallest absolute Gasteiger partial charge is 0.0554 e. The number of likely N-dealkylation sites (tertiary alicyclic amines) is 1. The molecule has 3 nitrogen and oxygen atoms in total. The summed E-state index contributed by atoms with van der Waals surface area (Å²) in [5.41, 5.74) is 5.58. The molecule has 1 unspecified atom stereocenters. The molecule has 0 aromatic rings. The van der Waals surface area contributed by atoms with Gasteiger partial charge in [0, 0.05) is 19.1 Å². The third-order valence-corrected chi connectivity index (χ3v) is 2.13. The molecule has 0 bridgehead atoms. The van der Waals surface area contributed by atoms with E-state index in [9.17, 15) is 0 Å². The van der Waals surface area contributed by atoms with Gasteiger partial charge in [-0.15, -0.1) is 6.58 Å². The lowest BCUT2D eigenvalue weighted by Crippen LogP contribution is -2.35. The standard InChI is InChI=1S/C8H16N2.CHNS/c1-2-5-10-6-3-4-8(10)7-9;2-1-3/h2,8H,1,3-7,9H2;2H. The Balaban J connectivity index is 0.000000424. The van der Waals surface area contributed by atoms with Crippen LogP contribution < -0.4 is 5.73 Å². The molecule has 1 heterocycles. The number of hydrogen-bond donors (Lipinski definition) is 2. The summed E-state index contributed by atoms with van der Waals surface area (Å²) >= 11 is 3.81. The summed E-state index contributed by atoms with van der Waals surface area (Å²) in [5, 5.41) is 7.36. The van der Waals surface area contributed by atoms with Crippen LogP contribution in [0, 0.1) is 5.41 Å². The van der Waals surface area contributed by atoms with Gasteiger partial charge in [-0.3, -0.25) is 4.90 Å². The number of rotatable bonds is 3. The fourth-order valence-corrected chi connectivity index (χ4v) is 1.57. The molecule has 1 aliphatic heterocycles. The maximum atomic E-state index is 5.77. The van der Waals surface area contributed by atoms with E-state index in [4.69, 9.17) is 11.1 Å². The van der Waals surface area contributed by atoms with Crippen molar-refractivity contribution in [2.45, 2.75) is 18.9 Å². The third kappa shape index (κ3) is 4.90. The van der Waals surface area contributed by atoms with Crippen LogP contribution in [0.4, 0.5) is 0 Å². The molecule has 4 heteroatoms. The molecule has 0 aromatic carbocycles. The summed E-state index contributed by atoms with van der Waals surface area (Å²) in [4.78, 5) is 2.40. The van der Waals surface area contributed by atoms with Gasteiger partial charge in [-0.1, -0.05) is 6.08 Å². The largest absolute Gasteiger partial charge is 0.329 e. The van der Waals surface area contributed by atoms with Crippen molar-refractivity contribution in [2.75, 3.05) is 19.6 Å². The van der Waals surface area contributed by atoms with E-state index in [1.165, 1.54) is 19.4 Å². The van der Waals surface area contributed by atoms with Gasteiger partial charge in [0.15, 0.2) is 0 Å². The van der Waals surface area contributed by atoms with Gasteiger partial charge >= 0.3 is 0 Å². The molecule has 1 atom stereocenters. The van der Waals surface area contributed by atoms with Crippen molar-refractivity contribution in [3.63, 3.8) is 0 Å². The summed E-state index contributed by atoms with van der Waals surface area (Å²) in [6.45, 7) is 6.71. The van der Waals surface area contributed by atoms with Crippen molar-refractivity contribution >= 4 is 17.4 Å². The number of nitrogens with zero attached hydrogens (tertiary/aromatic N) is 1. The van der Waals surface area contributed by atoms with Gasteiger partial charge in [-0.05, 0) is 31.6 Å². The van der Waals surface area contributed by atoms with Crippen LogP contribution in [0.15, 0.2) is 12.7 Å². The average molecular weight is 199 g/mol. The second-order valence-corrected chi connectivity index (χ2v) is 3.12. The van der Waals surface area contributed by atoms with Crippen LogP contribution in [-0.4, -0.2) is 35.7 Å². The van der Waals surface area contributed by atoms with E-state index in [-0.39, 0.29) is 0 Å². The van der Waals surface area contributed by atoms with Crippen LogP contribution in [0.2, 0.25) is 0 Å². The normalized spacial score (nSPS) is 21.5. The lowest BCUT2D eigenvalue weighted by atomic mass is 10.2. The van der Waals surface area contributed by atoms with Crippen LogP contribution in [0.25, 0.3) is 0 Å². The van der Waals surface area contributed by atoms with Gasteiger partial charge in [0.2, 0.25) is 0 Å². The van der Waals surface area contributed by atoms with E-state index < -0.39 is 0 Å². The molecular weight excluding hydrogens is 182 g/mol. The summed E-state index contributed by atoms with van der Waals surface area (Å²) in [6, 6.07) is 0.623. The topological polar surface area (TPSA) is 53.1 Å². The molecule has 0 amide bonds. The highest BCUT2D eigenvalue weighted by atomic mass is 32.1. The van der Waals surface area contributed by atoms with Crippen molar-refractivity contribution in [1.82, 2.24) is 4.90 Å². The van der Waals surface area contributed by atoms with Crippen molar-refractivity contribution in [3.8, 4) is 0 Å². The second-order valence-electron chi connectivity index (χ2n) is 2.92. The molecule has 0 aliphatic carbocycles. The number of hydrogen-bond acceptors (Lipinski definition) is 4. The molecule has 0 radical (unpaired) electrons. The minimum absolute atomic E-state index is 0.623. The predicted octanol–water partition coefficient (Wildman–Crippen LogP) is 1.26. The maximum absolute atomic E-state index is 5.77. The predicted molar refractivity (Wildman–Crippen MR) is 59.2 cm³/mol. The quantitative estimate of drug-likeness (QED) is 0.409. The van der Waals surface area contributed by atoms with Gasteiger partial charge in [-0.25, -0.2) is 5.41 Å². The fraction of sp³-hybridized carbons (Fsp3) is 0.667. The lowest BCUT2D eigenvalue weighted by Gasteiger charge is -2.20. The van der Waals surface area contributed by atoms with E-state index in [1.54, 1.807) is 5.16 Å². The zero-order valence-electron chi connectivity index (χ0n) is 7.83. The summed E-state index contributed by atoms with van der Waals surface area (Å²) < 4.78 is 0. The first kappa shape index (κ1) is 12.5. The van der Waals surface area contributed by atoms with Gasteiger partial charge in [-0.2, -0.15) is 0 Å². The number of thiocarbonyl (C=S) groups is 1. The number of nitrogens with one attached hydrogen (secondary N) is 1. The van der Waals surface area contributed by atoms with Crippen molar-refractivity contribution < 1.29 is 0 Å². The fourth-order valence-electron chi connectivity index (χ4n) is 1.57. The molecule has 13 heavy (non-hydrogen) atoms. The third-order valence-electron chi connectivity index (χ3n) is 2.13. The van der Waals surface area contributed by atoms with Crippen LogP contribution in [0.1, 0.15) is 12.8 Å². The molecule has 1 fully saturated rings. The minimum atomic E-state index is 0.623. The average Bonchev–Trinajstić information content (AvgIpc) is 2.54. The monoisotopic (exact) mass is 199 g/mol. The highest BCUT2D eigenvalue weighted by molar-refractivity contribution is 7.78. The molecular formula is C9H17N3S. The Labute approximate surface area is 85.1 Å². The first-order valence-corrected chi connectivity index (χ1v) is 4.79. The minimum Gasteiger partial charge on any atom is -0.329 e. The van der Waals surface area contributed by atoms with E-state index >= 15 is 0 Å². The first-order chi connectivity index (χ1) is 6.29.